The minimum Gasteiger partial charge on any atom is -0.458 e. The van der Waals surface area contributed by atoms with Gasteiger partial charge in [0.1, 0.15) is 23.0 Å². The minimum atomic E-state index is -0.00139. The van der Waals surface area contributed by atoms with E-state index in [1.54, 1.807) is 0 Å². The van der Waals surface area contributed by atoms with Crippen LogP contribution < -0.4 is 25.9 Å². The highest BCUT2D eigenvalue weighted by Crippen LogP contribution is 2.44. The van der Waals surface area contributed by atoms with Crippen LogP contribution in [-0.2, 0) is 10.8 Å². The van der Waals surface area contributed by atoms with Gasteiger partial charge in [0.2, 0.25) is 0 Å². The maximum Gasteiger partial charge on any atom is 0.260 e. The molecule has 5 heteroatoms. The van der Waals surface area contributed by atoms with Crippen LogP contribution >= 0.6 is 0 Å². The fourth-order valence-electron chi connectivity index (χ4n) is 10.0. The van der Waals surface area contributed by atoms with Crippen LogP contribution in [0, 0.1) is 0 Å². The lowest BCUT2D eigenvalue weighted by Gasteiger charge is -2.35. The lowest BCUT2D eigenvalue weighted by molar-refractivity contribution is 0.464. The van der Waals surface area contributed by atoms with E-state index in [1.807, 2.05) is 0 Å². The van der Waals surface area contributed by atoms with Crippen molar-refractivity contribution in [3.8, 4) is 45.5 Å². The summed E-state index contributed by atoms with van der Waals surface area (Å²) < 4.78 is 18.6. The summed E-state index contributed by atoms with van der Waals surface area (Å²) in [7, 11) is 0. The second-order valence-corrected chi connectivity index (χ2v) is 19.0. The minimum absolute atomic E-state index is 0.00139. The monoisotopic (exact) mass is 788 g/mol. The van der Waals surface area contributed by atoms with Crippen molar-refractivity contribution in [2.24, 2.45) is 0 Å². The summed E-state index contributed by atoms with van der Waals surface area (Å²) in [5.74, 6) is 3.52. The number of hydrogen-bond acceptors (Lipinski definition) is 2. The average Bonchev–Trinajstić information content (AvgIpc) is 3.78. The molecule has 0 radical (unpaired) electrons. The molecular weight excluding hydrogens is 743 g/mol. The molecule has 2 aliphatic heterocycles. The molecule has 0 atom stereocenters. The zero-order valence-electron chi connectivity index (χ0n) is 35.4. The Hall–Kier alpha value is -6.98. The molecule has 0 fully saturated rings. The van der Waals surface area contributed by atoms with Gasteiger partial charge in [-0.05, 0) is 111 Å². The summed E-state index contributed by atoms with van der Waals surface area (Å²) in [6.45, 7) is 13.6. The van der Waals surface area contributed by atoms with E-state index < -0.39 is 0 Å². The van der Waals surface area contributed by atoms with Crippen LogP contribution in [0.3, 0.4) is 0 Å². The third-order valence-electron chi connectivity index (χ3n) is 13.1. The fraction of sp³-hybridized carbons (Fsp3) is 0.143. The number of ether oxygens (including phenoxy) is 2. The van der Waals surface area contributed by atoms with Crippen molar-refractivity contribution in [2.75, 3.05) is 0 Å². The Balaban J connectivity index is 1.02. The van der Waals surface area contributed by atoms with Crippen LogP contribution in [0.4, 0.5) is 0 Å². The summed E-state index contributed by atoms with van der Waals surface area (Å²) in [5.41, 5.74) is 15.3. The van der Waals surface area contributed by atoms with Gasteiger partial charge in [0.15, 0.2) is 0 Å². The molecule has 4 heterocycles. The molecule has 12 rings (SSSR count). The highest BCUT2D eigenvalue weighted by Gasteiger charge is 2.41. The number of para-hydroxylation sites is 3. The predicted octanol–water partition coefficient (Wildman–Crippen LogP) is 12.9. The van der Waals surface area contributed by atoms with E-state index in [4.69, 9.17) is 9.47 Å². The second kappa shape index (κ2) is 12.8. The average molecular weight is 789 g/mol. The Labute approximate surface area is 356 Å². The Kier molecular flexibility index (Phi) is 7.52. The first kappa shape index (κ1) is 35.9. The predicted molar refractivity (Wildman–Crippen MR) is 256 cm³/mol. The normalized spacial score (nSPS) is 13.3. The summed E-state index contributed by atoms with van der Waals surface area (Å²) in [5, 5.41) is 4.97. The molecule has 0 spiro atoms. The number of hydrogen-bond donors (Lipinski definition) is 0. The second-order valence-electron chi connectivity index (χ2n) is 19.0. The molecule has 0 N–H and O–H groups in total. The number of benzene rings is 8. The number of rotatable bonds is 3. The molecule has 2 aromatic heterocycles. The van der Waals surface area contributed by atoms with Crippen molar-refractivity contribution in [3.63, 3.8) is 0 Å². The third kappa shape index (κ3) is 5.39. The van der Waals surface area contributed by atoms with E-state index in [1.165, 1.54) is 65.7 Å². The first-order valence-electron chi connectivity index (χ1n) is 21.5. The van der Waals surface area contributed by atoms with Gasteiger partial charge >= 0.3 is 0 Å². The fourth-order valence-corrected chi connectivity index (χ4v) is 10.0. The standard InChI is InChI=1S/C56H45BN2O2/c1-55(2,3)36-22-28-48-43(32-36)57-44-33-37(56(4,5)6)23-29-49(44)61-51-31-35(30-50(60-48)53(51)57)34-20-24-39(25-21-34)59-45-18-12-10-16-40(45)41-26-27-47-52(54(41)59)42-17-11-13-19-46(42)58(47)38-14-8-7-9-15-38/h7-33H,1-6H3. The Morgan fingerprint density at radius 3 is 1.56 bits per heavy atom. The zero-order chi connectivity index (χ0) is 41.4. The van der Waals surface area contributed by atoms with Crippen LogP contribution in [0.25, 0.3) is 66.1 Å². The zero-order valence-corrected chi connectivity index (χ0v) is 35.4. The van der Waals surface area contributed by atoms with Gasteiger partial charge < -0.3 is 18.6 Å². The Bertz CT molecular complexity index is 3340. The van der Waals surface area contributed by atoms with Crippen molar-refractivity contribution >= 4 is 66.7 Å². The maximum absolute atomic E-state index is 6.87. The molecule has 0 saturated carbocycles. The van der Waals surface area contributed by atoms with Gasteiger partial charge in [-0.15, -0.1) is 0 Å². The first-order chi connectivity index (χ1) is 29.5. The van der Waals surface area contributed by atoms with Crippen LogP contribution in [0.1, 0.15) is 52.7 Å². The van der Waals surface area contributed by atoms with Crippen LogP contribution in [0.15, 0.2) is 164 Å². The molecule has 0 unspecified atom stereocenters. The quantitative estimate of drug-likeness (QED) is 0.167. The van der Waals surface area contributed by atoms with Gasteiger partial charge in [0.25, 0.3) is 6.71 Å². The van der Waals surface area contributed by atoms with E-state index in [0.29, 0.717) is 0 Å². The molecule has 61 heavy (non-hydrogen) atoms. The molecule has 0 aliphatic carbocycles. The molecule has 0 bridgehead atoms. The van der Waals surface area contributed by atoms with E-state index in [-0.39, 0.29) is 17.5 Å². The van der Waals surface area contributed by atoms with Gasteiger partial charge in [-0.1, -0.05) is 139 Å². The number of nitrogens with zero attached hydrogens (tertiary/aromatic N) is 2. The van der Waals surface area contributed by atoms with Gasteiger partial charge in [-0.2, -0.15) is 0 Å². The lowest BCUT2D eigenvalue weighted by Crippen LogP contribution is -2.57. The molecule has 294 valence electrons. The Morgan fingerprint density at radius 2 is 0.951 bits per heavy atom. The van der Waals surface area contributed by atoms with Crippen LogP contribution in [0.2, 0.25) is 0 Å². The van der Waals surface area contributed by atoms with Gasteiger partial charge in [-0.3, -0.25) is 0 Å². The van der Waals surface area contributed by atoms with Crippen molar-refractivity contribution in [1.29, 1.82) is 0 Å². The molecule has 4 nitrogen and oxygen atoms in total. The van der Waals surface area contributed by atoms with Crippen molar-refractivity contribution in [3.05, 3.63) is 175 Å². The van der Waals surface area contributed by atoms with Crippen LogP contribution in [0.5, 0.6) is 23.0 Å². The molecular formula is C56H45BN2O2. The third-order valence-corrected chi connectivity index (χ3v) is 13.1. The van der Waals surface area contributed by atoms with Gasteiger partial charge in [0, 0.05) is 38.4 Å². The van der Waals surface area contributed by atoms with Crippen molar-refractivity contribution in [2.45, 2.75) is 52.4 Å². The van der Waals surface area contributed by atoms with Crippen LogP contribution in [-0.4, -0.2) is 15.8 Å². The smallest absolute Gasteiger partial charge is 0.260 e. The molecule has 10 aromatic rings. The SMILES string of the molecule is CC(C)(C)c1ccc2c(c1)B1c3cc(C(C)(C)C)ccc3Oc3cc(-c4ccc(-n5c6ccccc6c6ccc7c(c8ccccc8n7-c7ccccc7)c65)cc4)cc(c31)O2. The largest absolute Gasteiger partial charge is 0.458 e. The van der Waals surface area contributed by atoms with Gasteiger partial charge in [-0.25, -0.2) is 0 Å². The van der Waals surface area contributed by atoms with E-state index in [2.05, 4.69) is 214 Å². The highest BCUT2D eigenvalue weighted by molar-refractivity contribution is 6.98. The summed E-state index contributed by atoms with van der Waals surface area (Å²) in [6.07, 6.45) is 0. The molecule has 0 saturated heterocycles. The number of fused-ring (bicyclic) bond motifs is 11. The van der Waals surface area contributed by atoms with Crippen molar-refractivity contribution < 1.29 is 9.47 Å². The first-order valence-corrected chi connectivity index (χ1v) is 21.5. The Morgan fingerprint density at radius 1 is 0.410 bits per heavy atom. The summed E-state index contributed by atoms with van der Waals surface area (Å²) in [6, 6.07) is 59.8. The van der Waals surface area contributed by atoms with Crippen molar-refractivity contribution in [1.82, 2.24) is 9.13 Å². The lowest BCUT2D eigenvalue weighted by atomic mass is 9.34. The summed E-state index contributed by atoms with van der Waals surface area (Å²) in [4.78, 5) is 0. The van der Waals surface area contributed by atoms with E-state index >= 15 is 0 Å². The van der Waals surface area contributed by atoms with E-state index in [9.17, 15) is 0 Å². The van der Waals surface area contributed by atoms with Gasteiger partial charge in [0.05, 0.1) is 22.1 Å². The summed E-state index contributed by atoms with van der Waals surface area (Å²) >= 11 is 0. The molecule has 8 aromatic carbocycles. The highest BCUT2D eigenvalue weighted by atomic mass is 16.5. The topological polar surface area (TPSA) is 28.3 Å². The molecule has 0 amide bonds. The van der Waals surface area contributed by atoms with E-state index in [0.717, 1.165) is 51.0 Å². The molecule has 2 aliphatic rings. The maximum atomic E-state index is 6.87. The number of aromatic nitrogens is 2.